The zero-order valence-corrected chi connectivity index (χ0v) is 8.10. The summed E-state index contributed by atoms with van der Waals surface area (Å²) < 4.78 is 5.10. The zero-order valence-electron chi connectivity index (χ0n) is 8.10. The molecule has 0 atom stereocenters. The van der Waals surface area contributed by atoms with E-state index in [1.165, 1.54) is 0 Å². The van der Waals surface area contributed by atoms with Crippen molar-refractivity contribution in [3.8, 4) is 11.5 Å². The van der Waals surface area contributed by atoms with Crippen molar-refractivity contribution in [2.75, 3.05) is 13.7 Å². The number of phenols is 1. The van der Waals surface area contributed by atoms with E-state index in [0.717, 1.165) is 5.56 Å². The Bertz CT molecular complexity index is 318. The predicted molar refractivity (Wildman–Crippen MR) is 54.6 cm³/mol. The second kappa shape index (κ2) is 5.29. The Morgan fingerprint density at radius 2 is 2.14 bits per heavy atom. The molecular formula is C11H14O3. The molecule has 0 saturated carbocycles. The maximum Gasteiger partial charge on any atom is 0.126 e. The first kappa shape index (κ1) is 10.6. The van der Waals surface area contributed by atoms with Crippen LogP contribution in [-0.4, -0.2) is 23.9 Å². The van der Waals surface area contributed by atoms with E-state index in [-0.39, 0.29) is 12.4 Å². The molecule has 0 radical (unpaired) electrons. The van der Waals surface area contributed by atoms with Gasteiger partial charge in [0.1, 0.15) is 11.5 Å². The van der Waals surface area contributed by atoms with Crippen molar-refractivity contribution >= 4 is 0 Å². The highest BCUT2D eigenvalue weighted by Crippen LogP contribution is 2.27. The summed E-state index contributed by atoms with van der Waals surface area (Å²) >= 11 is 0. The lowest BCUT2D eigenvalue weighted by atomic mass is 10.1. The number of allylic oxidation sites excluding steroid dienone is 1. The van der Waals surface area contributed by atoms with Gasteiger partial charge in [-0.2, -0.15) is 0 Å². The lowest BCUT2D eigenvalue weighted by Gasteiger charge is -2.07. The number of methoxy groups -OCH3 is 1. The van der Waals surface area contributed by atoms with Crippen molar-refractivity contribution in [2.45, 2.75) is 6.42 Å². The van der Waals surface area contributed by atoms with Crippen LogP contribution in [0.15, 0.2) is 30.4 Å². The van der Waals surface area contributed by atoms with E-state index in [1.54, 1.807) is 37.5 Å². The summed E-state index contributed by atoms with van der Waals surface area (Å²) in [5.41, 5.74) is 0.736. The van der Waals surface area contributed by atoms with E-state index >= 15 is 0 Å². The molecule has 0 aliphatic heterocycles. The van der Waals surface area contributed by atoms with Gasteiger partial charge in [0.15, 0.2) is 0 Å². The molecule has 1 aromatic rings. The first-order valence-corrected chi connectivity index (χ1v) is 4.40. The lowest BCUT2D eigenvalue weighted by Crippen LogP contribution is -1.91. The van der Waals surface area contributed by atoms with Crippen LogP contribution in [0.5, 0.6) is 11.5 Å². The Hall–Kier alpha value is -1.48. The lowest BCUT2D eigenvalue weighted by molar-refractivity contribution is 0.342. The molecule has 3 nitrogen and oxygen atoms in total. The van der Waals surface area contributed by atoms with Crippen LogP contribution in [0.3, 0.4) is 0 Å². The third kappa shape index (κ3) is 2.50. The second-order valence-electron chi connectivity index (χ2n) is 2.82. The summed E-state index contributed by atoms with van der Waals surface area (Å²) in [6.45, 7) is 0.00983. The fourth-order valence-corrected chi connectivity index (χ4v) is 1.23. The summed E-state index contributed by atoms with van der Waals surface area (Å²) in [7, 11) is 1.56. The van der Waals surface area contributed by atoms with Crippen LogP contribution in [0.2, 0.25) is 0 Å². The number of aliphatic hydroxyl groups excluding tert-OH is 1. The van der Waals surface area contributed by atoms with Gasteiger partial charge in [-0.05, 0) is 18.6 Å². The minimum atomic E-state index is 0.00983. The van der Waals surface area contributed by atoms with Crippen molar-refractivity contribution in [3.05, 3.63) is 35.9 Å². The van der Waals surface area contributed by atoms with Gasteiger partial charge in [-0.1, -0.05) is 18.2 Å². The standard InChI is InChI=1S/C11H14O3/c1-14-11-7-4-6-10(13)9(11)5-2-3-8-12/h2-4,6-7,12-13H,5,8H2,1H3. The van der Waals surface area contributed by atoms with Crippen molar-refractivity contribution in [1.82, 2.24) is 0 Å². The van der Waals surface area contributed by atoms with Crippen LogP contribution in [0.4, 0.5) is 0 Å². The Balaban J connectivity index is 2.87. The summed E-state index contributed by atoms with van der Waals surface area (Å²) in [5, 5.41) is 18.1. The first-order chi connectivity index (χ1) is 6.79. The smallest absolute Gasteiger partial charge is 0.126 e. The van der Waals surface area contributed by atoms with Crippen molar-refractivity contribution in [3.63, 3.8) is 0 Å². The quantitative estimate of drug-likeness (QED) is 0.714. The van der Waals surface area contributed by atoms with Crippen LogP contribution in [0.1, 0.15) is 5.56 Å². The monoisotopic (exact) mass is 194 g/mol. The van der Waals surface area contributed by atoms with Gasteiger partial charge >= 0.3 is 0 Å². The molecule has 14 heavy (non-hydrogen) atoms. The molecule has 3 heteroatoms. The molecular weight excluding hydrogens is 180 g/mol. The minimum Gasteiger partial charge on any atom is -0.508 e. The van der Waals surface area contributed by atoms with Crippen molar-refractivity contribution < 1.29 is 14.9 Å². The van der Waals surface area contributed by atoms with E-state index in [4.69, 9.17) is 9.84 Å². The maximum atomic E-state index is 9.55. The SMILES string of the molecule is COc1cccc(O)c1CC=CCO. The number of rotatable bonds is 4. The van der Waals surface area contributed by atoms with Crippen molar-refractivity contribution in [1.29, 1.82) is 0 Å². The van der Waals surface area contributed by atoms with Crippen LogP contribution < -0.4 is 4.74 Å². The summed E-state index contributed by atoms with van der Waals surface area (Å²) in [6.07, 6.45) is 3.97. The first-order valence-electron chi connectivity index (χ1n) is 4.40. The molecule has 0 heterocycles. The molecule has 0 unspecified atom stereocenters. The highest BCUT2D eigenvalue weighted by Gasteiger charge is 2.05. The number of ether oxygens (including phenoxy) is 1. The fourth-order valence-electron chi connectivity index (χ4n) is 1.23. The average Bonchev–Trinajstić information content (AvgIpc) is 2.20. The summed E-state index contributed by atoms with van der Waals surface area (Å²) in [6, 6.07) is 5.14. The number of aliphatic hydroxyl groups is 1. The Labute approximate surface area is 83.3 Å². The second-order valence-corrected chi connectivity index (χ2v) is 2.82. The van der Waals surface area contributed by atoms with Gasteiger partial charge in [0, 0.05) is 5.56 Å². The van der Waals surface area contributed by atoms with E-state index < -0.39 is 0 Å². The topological polar surface area (TPSA) is 49.7 Å². The number of hydrogen-bond acceptors (Lipinski definition) is 3. The van der Waals surface area contributed by atoms with Crippen LogP contribution in [0.25, 0.3) is 0 Å². The molecule has 0 bridgehead atoms. The molecule has 0 saturated heterocycles. The molecule has 2 N–H and O–H groups in total. The largest absolute Gasteiger partial charge is 0.508 e. The van der Waals surface area contributed by atoms with Crippen LogP contribution >= 0.6 is 0 Å². The molecule has 0 aromatic heterocycles. The van der Waals surface area contributed by atoms with Gasteiger partial charge in [-0.25, -0.2) is 0 Å². The van der Waals surface area contributed by atoms with Gasteiger partial charge in [0.25, 0.3) is 0 Å². The normalized spacial score (nSPS) is 10.7. The molecule has 0 spiro atoms. The average molecular weight is 194 g/mol. The molecule has 0 amide bonds. The Morgan fingerprint density at radius 1 is 1.36 bits per heavy atom. The van der Waals surface area contributed by atoms with Crippen molar-refractivity contribution in [2.24, 2.45) is 0 Å². The maximum absolute atomic E-state index is 9.55. The van der Waals surface area contributed by atoms with Gasteiger partial charge < -0.3 is 14.9 Å². The predicted octanol–water partition coefficient (Wildman–Crippen LogP) is 1.49. The Kier molecular flexibility index (Phi) is 4.01. The molecule has 0 aliphatic rings. The minimum absolute atomic E-state index is 0.00983. The Morgan fingerprint density at radius 3 is 2.79 bits per heavy atom. The van der Waals surface area contributed by atoms with E-state index in [2.05, 4.69) is 0 Å². The number of hydrogen-bond donors (Lipinski definition) is 2. The molecule has 0 aliphatic carbocycles. The van der Waals surface area contributed by atoms with E-state index in [1.807, 2.05) is 0 Å². The van der Waals surface area contributed by atoms with Gasteiger partial charge in [-0.3, -0.25) is 0 Å². The zero-order chi connectivity index (χ0) is 10.4. The van der Waals surface area contributed by atoms with E-state index in [0.29, 0.717) is 12.2 Å². The molecule has 1 aromatic carbocycles. The summed E-state index contributed by atoms with van der Waals surface area (Å²) in [4.78, 5) is 0. The number of benzene rings is 1. The van der Waals surface area contributed by atoms with Gasteiger partial charge in [0.05, 0.1) is 13.7 Å². The third-order valence-corrected chi connectivity index (χ3v) is 1.92. The molecule has 1 rings (SSSR count). The molecule has 76 valence electrons. The van der Waals surface area contributed by atoms with Crippen LogP contribution in [-0.2, 0) is 6.42 Å². The fraction of sp³-hybridized carbons (Fsp3) is 0.273. The highest BCUT2D eigenvalue weighted by atomic mass is 16.5. The number of aromatic hydroxyl groups is 1. The summed E-state index contributed by atoms with van der Waals surface area (Å²) in [5.74, 6) is 0.875. The van der Waals surface area contributed by atoms with Crippen LogP contribution in [0, 0.1) is 0 Å². The molecule has 0 fully saturated rings. The van der Waals surface area contributed by atoms with E-state index in [9.17, 15) is 5.11 Å². The van der Waals surface area contributed by atoms with Gasteiger partial charge in [0.2, 0.25) is 0 Å². The van der Waals surface area contributed by atoms with Gasteiger partial charge in [-0.15, -0.1) is 0 Å². The highest BCUT2D eigenvalue weighted by molar-refractivity contribution is 5.44. The third-order valence-electron chi connectivity index (χ3n) is 1.92. The number of phenolic OH excluding ortho intramolecular Hbond substituents is 1.